The summed E-state index contributed by atoms with van der Waals surface area (Å²) in [4.78, 5) is 0. The molecule has 3 heteroatoms. The van der Waals surface area contributed by atoms with Crippen molar-refractivity contribution in [1.82, 2.24) is 9.78 Å². The molecule has 1 atom stereocenters. The van der Waals surface area contributed by atoms with Crippen molar-refractivity contribution in [3.8, 4) is 5.69 Å². The Kier molecular flexibility index (Phi) is 2.48. The van der Waals surface area contributed by atoms with Crippen LogP contribution in [0.15, 0.2) is 30.5 Å². The molecule has 0 saturated carbocycles. The maximum absolute atomic E-state index is 6.12. The highest BCUT2D eigenvalue weighted by Gasteiger charge is 2.22. The Morgan fingerprint density at radius 1 is 1.35 bits per heavy atom. The number of benzene rings is 1. The van der Waals surface area contributed by atoms with E-state index in [0.29, 0.717) is 0 Å². The molecule has 1 aromatic carbocycles. The average molecular weight is 227 g/mol. The van der Waals surface area contributed by atoms with Gasteiger partial charge in [0.25, 0.3) is 0 Å². The van der Waals surface area contributed by atoms with Gasteiger partial charge in [-0.2, -0.15) is 5.10 Å². The quantitative estimate of drug-likeness (QED) is 0.813. The van der Waals surface area contributed by atoms with Gasteiger partial charge in [-0.1, -0.05) is 18.2 Å². The Morgan fingerprint density at radius 3 is 3.00 bits per heavy atom. The first kappa shape index (κ1) is 10.5. The first-order valence-corrected chi connectivity index (χ1v) is 6.16. The van der Waals surface area contributed by atoms with Crippen molar-refractivity contribution < 1.29 is 0 Å². The molecule has 0 saturated heterocycles. The molecule has 0 amide bonds. The van der Waals surface area contributed by atoms with Crippen LogP contribution in [0.25, 0.3) is 5.69 Å². The summed E-state index contributed by atoms with van der Waals surface area (Å²) < 4.78 is 2.06. The zero-order chi connectivity index (χ0) is 11.8. The molecule has 1 aromatic heterocycles. The van der Waals surface area contributed by atoms with Crippen molar-refractivity contribution in [3.63, 3.8) is 0 Å². The molecule has 2 N–H and O–H groups in total. The summed E-state index contributed by atoms with van der Waals surface area (Å²) in [7, 11) is 0. The predicted octanol–water partition coefficient (Wildman–Crippen LogP) is 2.52. The lowest BCUT2D eigenvalue weighted by molar-refractivity contribution is 0.558. The van der Waals surface area contributed by atoms with E-state index in [0.717, 1.165) is 19.3 Å². The van der Waals surface area contributed by atoms with E-state index in [9.17, 15) is 0 Å². The van der Waals surface area contributed by atoms with Crippen LogP contribution in [0.4, 0.5) is 0 Å². The van der Waals surface area contributed by atoms with Crippen molar-refractivity contribution in [1.29, 1.82) is 0 Å². The third kappa shape index (κ3) is 1.67. The predicted molar refractivity (Wildman–Crippen MR) is 68.2 cm³/mol. The SMILES string of the molecule is Cc1ccccc1-n1ncc2c1CCC[C@@H]2N. The first-order chi connectivity index (χ1) is 8.27. The van der Waals surface area contributed by atoms with Crippen molar-refractivity contribution in [2.75, 3.05) is 0 Å². The highest BCUT2D eigenvalue weighted by Crippen LogP contribution is 2.29. The largest absolute Gasteiger partial charge is 0.324 e. The number of para-hydroxylation sites is 1. The summed E-state index contributed by atoms with van der Waals surface area (Å²) in [5, 5.41) is 4.52. The van der Waals surface area contributed by atoms with E-state index in [2.05, 4.69) is 41.0 Å². The van der Waals surface area contributed by atoms with E-state index in [1.807, 2.05) is 6.20 Å². The van der Waals surface area contributed by atoms with E-state index in [4.69, 9.17) is 5.73 Å². The molecule has 0 bridgehead atoms. The highest BCUT2D eigenvalue weighted by atomic mass is 15.3. The molecule has 2 aromatic rings. The number of hydrogen-bond acceptors (Lipinski definition) is 2. The molecule has 1 aliphatic rings. The molecule has 0 unspecified atom stereocenters. The molecule has 0 spiro atoms. The van der Waals surface area contributed by atoms with Gasteiger partial charge < -0.3 is 5.73 Å². The Hall–Kier alpha value is -1.61. The van der Waals surface area contributed by atoms with Crippen LogP contribution < -0.4 is 5.73 Å². The minimum absolute atomic E-state index is 0.163. The number of fused-ring (bicyclic) bond motifs is 1. The van der Waals surface area contributed by atoms with Crippen LogP contribution in [0.1, 0.15) is 35.7 Å². The summed E-state index contributed by atoms with van der Waals surface area (Å²) in [6, 6.07) is 8.51. The summed E-state index contributed by atoms with van der Waals surface area (Å²) in [5.41, 5.74) is 11.1. The zero-order valence-electron chi connectivity index (χ0n) is 10.1. The van der Waals surface area contributed by atoms with Gasteiger partial charge in [-0.05, 0) is 37.8 Å². The van der Waals surface area contributed by atoms with Crippen LogP contribution in [0.3, 0.4) is 0 Å². The lowest BCUT2D eigenvalue weighted by atomic mass is 9.93. The van der Waals surface area contributed by atoms with Crippen LogP contribution in [-0.4, -0.2) is 9.78 Å². The first-order valence-electron chi connectivity index (χ1n) is 6.16. The van der Waals surface area contributed by atoms with E-state index >= 15 is 0 Å². The fourth-order valence-corrected chi connectivity index (χ4v) is 2.60. The van der Waals surface area contributed by atoms with Gasteiger partial charge in [-0.25, -0.2) is 4.68 Å². The van der Waals surface area contributed by atoms with Gasteiger partial charge in [0.05, 0.1) is 11.9 Å². The summed E-state index contributed by atoms with van der Waals surface area (Å²) in [6.07, 6.45) is 5.25. The standard InChI is InChI=1S/C14H17N3/c1-10-5-2-3-7-13(10)17-14-8-4-6-12(15)11(14)9-16-17/h2-3,5,7,9,12H,4,6,8,15H2,1H3/t12-/m0/s1. The Morgan fingerprint density at radius 2 is 2.18 bits per heavy atom. The number of nitrogens with two attached hydrogens (primary N) is 1. The Balaban J connectivity index is 2.14. The van der Waals surface area contributed by atoms with Gasteiger partial charge in [0.2, 0.25) is 0 Å². The van der Waals surface area contributed by atoms with Gasteiger partial charge in [-0.3, -0.25) is 0 Å². The van der Waals surface area contributed by atoms with Gasteiger partial charge in [0.1, 0.15) is 0 Å². The molecule has 1 heterocycles. The summed E-state index contributed by atoms with van der Waals surface area (Å²) >= 11 is 0. The number of aryl methyl sites for hydroxylation is 1. The van der Waals surface area contributed by atoms with Crippen molar-refractivity contribution >= 4 is 0 Å². The van der Waals surface area contributed by atoms with Crippen molar-refractivity contribution in [3.05, 3.63) is 47.3 Å². The molecule has 17 heavy (non-hydrogen) atoms. The van der Waals surface area contributed by atoms with Gasteiger partial charge in [0, 0.05) is 17.3 Å². The van der Waals surface area contributed by atoms with E-state index in [1.54, 1.807) is 0 Å². The molecule has 3 nitrogen and oxygen atoms in total. The van der Waals surface area contributed by atoms with Gasteiger partial charge >= 0.3 is 0 Å². The monoisotopic (exact) mass is 227 g/mol. The van der Waals surface area contributed by atoms with Crippen LogP contribution >= 0.6 is 0 Å². The van der Waals surface area contributed by atoms with Gasteiger partial charge in [0.15, 0.2) is 0 Å². The fourth-order valence-electron chi connectivity index (χ4n) is 2.60. The second-order valence-electron chi connectivity index (χ2n) is 4.74. The van der Waals surface area contributed by atoms with Crippen LogP contribution in [0, 0.1) is 6.92 Å². The molecule has 88 valence electrons. The summed E-state index contributed by atoms with van der Waals surface area (Å²) in [5.74, 6) is 0. The number of hydrogen-bond donors (Lipinski definition) is 1. The third-order valence-electron chi connectivity index (χ3n) is 3.57. The molecule has 0 fully saturated rings. The maximum Gasteiger partial charge on any atom is 0.0678 e. The van der Waals surface area contributed by atoms with E-state index in [-0.39, 0.29) is 6.04 Å². The minimum atomic E-state index is 0.163. The minimum Gasteiger partial charge on any atom is -0.324 e. The van der Waals surface area contributed by atoms with E-state index < -0.39 is 0 Å². The topological polar surface area (TPSA) is 43.8 Å². The van der Waals surface area contributed by atoms with Gasteiger partial charge in [-0.15, -0.1) is 0 Å². The third-order valence-corrected chi connectivity index (χ3v) is 3.57. The zero-order valence-corrected chi connectivity index (χ0v) is 10.1. The molecule has 3 rings (SSSR count). The molecule has 0 radical (unpaired) electrons. The van der Waals surface area contributed by atoms with E-state index in [1.165, 1.54) is 22.5 Å². The second-order valence-corrected chi connectivity index (χ2v) is 4.74. The van der Waals surface area contributed by atoms with Crippen LogP contribution in [0.5, 0.6) is 0 Å². The molecular formula is C14H17N3. The normalized spacial score (nSPS) is 19.1. The van der Waals surface area contributed by atoms with Crippen molar-refractivity contribution in [2.24, 2.45) is 5.73 Å². The molecule has 0 aliphatic heterocycles. The lowest BCUT2D eigenvalue weighted by Crippen LogP contribution is -2.18. The number of rotatable bonds is 1. The number of nitrogens with zero attached hydrogens (tertiary/aromatic N) is 2. The molecular weight excluding hydrogens is 210 g/mol. The second kappa shape index (κ2) is 4.00. The van der Waals surface area contributed by atoms with Crippen LogP contribution in [0.2, 0.25) is 0 Å². The number of aromatic nitrogens is 2. The Labute approximate surface area is 101 Å². The lowest BCUT2D eigenvalue weighted by Gasteiger charge is -2.20. The molecule has 1 aliphatic carbocycles. The maximum atomic E-state index is 6.12. The Bertz CT molecular complexity index is 542. The smallest absolute Gasteiger partial charge is 0.0678 e. The van der Waals surface area contributed by atoms with Crippen LogP contribution in [-0.2, 0) is 6.42 Å². The van der Waals surface area contributed by atoms with Crippen molar-refractivity contribution in [2.45, 2.75) is 32.2 Å². The highest BCUT2D eigenvalue weighted by molar-refractivity contribution is 5.42. The average Bonchev–Trinajstić information content (AvgIpc) is 2.75. The summed E-state index contributed by atoms with van der Waals surface area (Å²) in [6.45, 7) is 2.12. The fraction of sp³-hybridized carbons (Fsp3) is 0.357.